The molecule has 2 aromatic rings. The molecule has 0 saturated heterocycles. The topological polar surface area (TPSA) is 70.0 Å². The molecular formula is C11H6Cl2N2O2S2. The summed E-state index contributed by atoms with van der Waals surface area (Å²) in [5.74, 6) is 0. The Bertz CT molecular complexity index is 763. The molecule has 1 aromatic carbocycles. The number of anilines is 1. The van der Waals surface area contributed by atoms with E-state index in [1.807, 2.05) is 6.07 Å². The third-order valence-corrected chi connectivity index (χ3v) is 5.53. The lowest BCUT2D eigenvalue weighted by atomic mass is 10.3. The van der Waals surface area contributed by atoms with Crippen LogP contribution in [-0.2, 0) is 10.0 Å². The van der Waals surface area contributed by atoms with Gasteiger partial charge >= 0.3 is 0 Å². The van der Waals surface area contributed by atoms with Gasteiger partial charge in [-0.3, -0.25) is 4.72 Å². The maximum atomic E-state index is 12.1. The molecule has 0 bridgehead atoms. The summed E-state index contributed by atoms with van der Waals surface area (Å²) in [6, 6.07) is 9.14. The molecule has 0 radical (unpaired) electrons. The summed E-state index contributed by atoms with van der Waals surface area (Å²) in [6.45, 7) is 0. The van der Waals surface area contributed by atoms with Gasteiger partial charge in [0.25, 0.3) is 10.0 Å². The van der Waals surface area contributed by atoms with Crippen LogP contribution >= 0.6 is 34.5 Å². The van der Waals surface area contributed by atoms with Crippen molar-refractivity contribution in [1.29, 1.82) is 5.26 Å². The van der Waals surface area contributed by atoms with E-state index in [0.717, 1.165) is 11.3 Å². The predicted octanol–water partition coefficient (Wildman–Crippen LogP) is 3.73. The van der Waals surface area contributed by atoms with Gasteiger partial charge in [0.05, 0.1) is 10.7 Å². The van der Waals surface area contributed by atoms with Crippen molar-refractivity contribution in [3.8, 4) is 6.07 Å². The van der Waals surface area contributed by atoms with Crippen molar-refractivity contribution in [2.75, 3.05) is 4.72 Å². The van der Waals surface area contributed by atoms with Gasteiger partial charge in [-0.1, -0.05) is 23.2 Å². The molecule has 0 fully saturated rings. The van der Waals surface area contributed by atoms with Gasteiger partial charge in [0.1, 0.15) is 15.2 Å². The molecule has 0 atom stereocenters. The van der Waals surface area contributed by atoms with Crippen LogP contribution in [0.5, 0.6) is 0 Å². The molecule has 0 aliphatic rings. The zero-order valence-corrected chi connectivity index (χ0v) is 12.4. The molecule has 0 aliphatic carbocycles. The highest BCUT2D eigenvalue weighted by molar-refractivity contribution is 7.94. The molecule has 0 aliphatic heterocycles. The van der Waals surface area contributed by atoms with Gasteiger partial charge in [0, 0.05) is 5.02 Å². The van der Waals surface area contributed by atoms with Crippen LogP contribution in [0, 0.1) is 11.3 Å². The molecule has 1 N–H and O–H groups in total. The van der Waals surface area contributed by atoms with Crippen molar-refractivity contribution in [2.24, 2.45) is 0 Å². The Balaban J connectivity index is 2.34. The summed E-state index contributed by atoms with van der Waals surface area (Å²) < 4.78 is 26.5. The van der Waals surface area contributed by atoms with E-state index in [-0.39, 0.29) is 14.9 Å². The first-order valence-corrected chi connectivity index (χ1v) is 7.96. The van der Waals surface area contributed by atoms with Gasteiger partial charge in [-0.25, -0.2) is 8.42 Å². The molecule has 0 amide bonds. The highest BCUT2D eigenvalue weighted by Gasteiger charge is 2.18. The zero-order chi connectivity index (χ0) is 14.0. The maximum absolute atomic E-state index is 12.1. The normalized spacial score (nSPS) is 11.0. The average molecular weight is 333 g/mol. The fraction of sp³-hybridized carbons (Fsp3) is 0. The van der Waals surface area contributed by atoms with Crippen molar-refractivity contribution in [3.05, 3.63) is 45.3 Å². The second-order valence-electron chi connectivity index (χ2n) is 3.46. The highest BCUT2D eigenvalue weighted by Crippen LogP contribution is 2.29. The Morgan fingerprint density at radius 1 is 1.21 bits per heavy atom. The minimum Gasteiger partial charge on any atom is -0.277 e. The monoisotopic (exact) mass is 332 g/mol. The molecule has 19 heavy (non-hydrogen) atoms. The van der Waals surface area contributed by atoms with Crippen LogP contribution in [0.1, 0.15) is 4.88 Å². The van der Waals surface area contributed by atoms with Crippen LogP contribution in [0.15, 0.2) is 34.5 Å². The van der Waals surface area contributed by atoms with Gasteiger partial charge in [0.2, 0.25) is 0 Å². The Hall–Kier alpha value is -1.26. The lowest BCUT2D eigenvalue weighted by molar-refractivity contribution is 0.603. The summed E-state index contributed by atoms with van der Waals surface area (Å²) in [5, 5.41) is 9.31. The molecule has 1 heterocycles. The van der Waals surface area contributed by atoms with Crippen LogP contribution in [0.3, 0.4) is 0 Å². The Morgan fingerprint density at radius 3 is 2.53 bits per heavy atom. The molecule has 98 valence electrons. The Labute approximate surface area is 124 Å². The number of rotatable bonds is 3. The molecule has 2 rings (SSSR count). The highest BCUT2D eigenvalue weighted by atomic mass is 35.5. The quantitative estimate of drug-likeness (QED) is 0.930. The minimum atomic E-state index is -3.75. The number of nitriles is 1. The predicted molar refractivity (Wildman–Crippen MR) is 76.3 cm³/mol. The number of sulfonamides is 1. The number of nitrogens with one attached hydrogen (secondary N) is 1. The van der Waals surface area contributed by atoms with E-state index in [1.165, 1.54) is 30.3 Å². The number of thiophene rings is 1. The fourth-order valence-corrected chi connectivity index (χ4v) is 3.99. The smallest absolute Gasteiger partial charge is 0.271 e. The lowest BCUT2D eigenvalue weighted by Gasteiger charge is -2.08. The number of nitrogens with zero attached hydrogens (tertiary/aromatic N) is 1. The summed E-state index contributed by atoms with van der Waals surface area (Å²) in [4.78, 5) is 0.322. The second kappa shape index (κ2) is 5.39. The molecule has 1 aromatic heterocycles. The summed E-state index contributed by atoms with van der Waals surface area (Å²) in [6.07, 6.45) is 0. The molecule has 0 saturated carbocycles. The van der Waals surface area contributed by atoms with Gasteiger partial charge in [-0.05, 0) is 30.3 Å². The third kappa shape index (κ3) is 3.19. The number of benzene rings is 1. The van der Waals surface area contributed by atoms with E-state index in [4.69, 9.17) is 28.5 Å². The van der Waals surface area contributed by atoms with Crippen LogP contribution in [-0.4, -0.2) is 8.42 Å². The molecule has 4 nitrogen and oxygen atoms in total. The van der Waals surface area contributed by atoms with Gasteiger partial charge in [-0.2, -0.15) is 5.26 Å². The van der Waals surface area contributed by atoms with Crippen molar-refractivity contribution in [3.63, 3.8) is 0 Å². The van der Waals surface area contributed by atoms with E-state index in [9.17, 15) is 8.42 Å². The van der Waals surface area contributed by atoms with Crippen LogP contribution in [0.4, 0.5) is 5.69 Å². The first-order valence-electron chi connectivity index (χ1n) is 4.90. The van der Waals surface area contributed by atoms with Gasteiger partial charge in [0.15, 0.2) is 0 Å². The number of hydrogen-bond donors (Lipinski definition) is 1. The van der Waals surface area contributed by atoms with Crippen molar-refractivity contribution >= 4 is 50.2 Å². The van der Waals surface area contributed by atoms with Gasteiger partial charge in [-0.15, -0.1) is 11.3 Å². The molecular weight excluding hydrogens is 327 g/mol. The van der Waals surface area contributed by atoms with Gasteiger partial charge < -0.3 is 0 Å². The number of halogens is 2. The zero-order valence-electron chi connectivity index (χ0n) is 9.22. The molecule has 0 unspecified atom stereocenters. The maximum Gasteiger partial charge on any atom is 0.271 e. The van der Waals surface area contributed by atoms with Crippen LogP contribution in [0.25, 0.3) is 0 Å². The molecule has 0 spiro atoms. The standard InChI is InChI=1S/C11H6Cl2N2O2S2/c12-7-1-3-10(9(13)5-7)15-19(16,17)11-4-2-8(6-14)18-11/h1-5,15H. The van der Waals surface area contributed by atoms with E-state index >= 15 is 0 Å². The first kappa shape index (κ1) is 14.2. The summed E-state index contributed by atoms with van der Waals surface area (Å²) >= 11 is 12.5. The fourth-order valence-electron chi connectivity index (χ4n) is 1.29. The lowest BCUT2D eigenvalue weighted by Crippen LogP contribution is -2.11. The van der Waals surface area contributed by atoms with Crippen molar-refractivity contribution < 1.29 is 8.42 Å². The van der Waals surface area contributed by atoms with E-state index < -0.39 is 10.0 Å². The Kier molecular flexibility index (Phi) is 4.02. The van der Waals surface area contributed by atoms with Crippen molar-refractivity contribution in [2.45, 2.75) is 4.21 Å². The van der Waals surface area contributed by atoms with E-state index in [2.05, 4.69) is 4.72 Å². The summed E-state index contributed by atoms with van der Waals surface area (Å²) in [5.41, 5.74) is 0.234. The largest absolute Gasteiger partial charge is 0.277 e. The SMILES string of the molecule is N#Cc1ccc(S(=O)(=O)Nc2ccc(Cl)cc2Cl)s1. The second-order valence-corrected chi connectivity index (χ2v) is 7.30. The Morgan fingerprint density at radius 2 is 1.95 bits per heavy atom. The van der Waals surface area contributed by atoms with Crippen LogP contribution in [0.2, 0.25) is 10.0 Å². The van der Waals surface area contributed by atoms with E-state index in [0.29, 0.717) is 9.90 Å². The first-order chi connectivity index (χ1) is 8.92. The number of hydrogen-bond acceptors (Lipinski definition) is 4. The average Bonchev–Trinajstić information content (AvgIpc) is 2.82. The van der Waals surface area contributed by atoms with Crippen LogP contribution < -0.4 is 4.72 Å². The minimum absolute atomic E-state index is 0.0510. The van der Waals surface area contributed by atoms with E-state index in [1.54, 1.807) is 0 Å². The third-order valence-electron chi connectivity index (χ3n) is 2.13. The molecule has 8 heteroatoms. The summed E-state index contributed by atoms with van der Waals surface area (Å²) in [7, 11) is -3.75. The van der Waals surface area contributed by atoms with Crippen molar-refractivity contribution in [1.82, 2.24) is 0 Å².